The standard InChI is InChI=1S/C27H25F2N5O2.ClH/c1-18-17-33(15-16-34(18)27(35)30-20-11-13-21(14-12-20)36-26(28)29)25-23-10-6-5-9-22(23)24(31-32-25)19-7-3-2-4-8-19;/h2-14,18,26H,15-17H2,1H3,(H,30,35);1H/t18-;/m0./s1. The number of piperazine rings is 1. The summed E-state index contributed by atoms with van der Waals surface area (Å²) < 4.78 is 29.0. The number of hydrogen-bond acceptors (Lipinski definition) is 5. The van der Waals surface area contributed by atoms with Gasteiger partial charge in [-0.3, -0.25) is 0 Å². The third-order valence-electron chi connectivity index (χ3n) is 6.23. The van der Waals surface area contributed by atoms with E-state index >= 15 is 0 Å². The minimum Gasteiger partial charge on any atom is -0.435 e. The van der Waals surface area contributed by atoms with Gasteiger partial charge in [0.15, 0.2) is 5.82 Å². The first-order chi connectivity index (χ1) is 17.5. The van der Waals surface area contributed by atoms with Crippen molar-refractivity contribution in [3.05, 3.63) is 78.9 Å². The molecule has 0 aliphatic carbocycles. The van der Waals surface area contributed by atoms with Crippen LogP contribution in [0.5, 0.6) is 5.75 Å². The van der Waals surface area contributed by atoms with Crippen LogP contribution in [-0.2, 0) is 0 Å². The molecule has 1 atom stereocenters. The van der Waals surface area contributed by atoms with Gasteiger partial charge in [0.25, 0.3) is 0 Å². The zero-order valence-corrected chi connectivity index (χ0v) is 20.9. The molecule has 0 radical (unpaired) electrons. The number of urea groups is 1. The van der Waals surface area contributed by atoms with Gasteiger partial charge in [0.05, 0.1) is 0 Å². The number of ether oxygens (including phenoxy) is 1. The number of nitrogens with one attached hydrogen (secondary N) is 1. The average Bonchev–Trinajstić information content (AvgIpc) is 2.89. The van der Waals surface area contributed by atoms with Crippen LogP contribution in [0.3, 0.4) is 0 Å². The van der Waals surface area contributed by atoms with E-state index in [4.69, 9.17) is 0 Å². The fourth-order valence-electron chi connectivity index (χ4n) is 4.50. The summed E-state index contributed by atoms with van der Waals surface area (Å²) in [5.74, 6) is 0.836. The molecule has 0 saturated carbocycles. The van der Waals surface area contributed by atoms with E-state index in [0.29, 0.717) is 25.3 Å². The number of fused-ring (bicyclic) bond motifs is 1. The molecule has 0 bridgehead atoms. The fraction of sp³-hybridized carbons (Fsp3) is 0.222. The van der Waals surface area contributed by atoms with Crippen molar-refractivity contribution in [2.75, 3.05) is 29.9 Å². The maximum atomic E-state index is 12.9. The summed E-state index contributed by atoms with van der Waals surface area (Å²) in [6.07, 6.45) is 0. The fourth-order valence-corrected chi connectivity index (χ4v) is 4.50. The molecule has 4 aromatic rings. The van der Waals surface area contributed by atoms with Crippen molar-refractivity contribution >= 4 is 40.7 Å². The zero-order chi connectivity index (χ0) is 25.1. The van der Waals surface area contributed by atoms with E-state index in [1.807, 2.05) is 49.4 Å². The Kier molecular flexibility index (Phi) is 8.03. The van der Waals surface area contributed by atoms with E-state index in [-0.39, 0.29) is 30.2 Å². The largest absolute Gasteiger partial charge is 0.435 e. The van der Waals surface area contributed by atoms with Crippen molar-refractivity contribution in [1.82, 2.24) is 15.1 Å². The molecule has 1 N–H and O–H groups in total. The number of amides is 2. The highest BCUT2D eigenvalue weighted by atomic mass is 35.5. The summed E-state index contributed by atoms with van der Waals surface area (Å²) in [7, 11) is 0. The third kappa shape index (κ3) is 5.72. The normalized spacial score (nSPS) is 15.4. The number of anilines is 2. The number of alkyl halides is 2. The van der Waals surface area contributed by atoms with Crippen LogP contribution in [0.2, 0.25) is 0 Å². The smallest absolute Gasteiger partial charge is 0.387 e. The maximum Gasteiger partial charge on any atom is 0.387 e. The Morgan fingerprint density at radius 2 is 1.62 bits per heavy atom. The van der Waals surface area contributed by atoms with Gasteiger partial charge < -0.3 is 19.9 Å². The van der Waals surface area contributed by atoms with Crippen molar-refractivity contribution in [2.24, 2.45) is 0 Å². The molecule has 192 valence electrons. The predicted octanol–water partition coefficient (Wildman–Crippen LogP) is 6.06. The molecule has 5 rings (SSSR count). The SMILES string of the molecule is C[C@H]1CN(c2nnc(-c3ccccc3)c3ccccc23)CCN1C(=O)Nc1ccc(OC(F)F)cc1.Cl. The molecule has 0 unspecified atom stereocenters. The van der Waals surface area contributed by atoms with Gasteiger partial charge in [-0.25, -0.2) is 4.79 Å². The van der Waals surface area contributed by atoms with Crippen molar-refractivity contribution < 1.29 is 18.3 Å². The first-order valence-electron chi connectivity index (χ1n) is 11.7. The van der Waals surface area contributed by atoms with Gasteiger partial charge >= 0.3 is 12.6 Å². The summed E-state index contributed by atoms with van der Waals surface area (Å²) in [6.45, 7) is 0.786. The Labute approximate surface area is 219 Å². The van der Waals surface area contributed by atoms with Crippen LogP contribution in [0.4, 0.5) is 25.1 Å². The second-order valence-corrected chi connectivity index (χ2v) is 8.61. The Morgan fingerprint density at radius 1 is 0.946 bits per heavy atom. The molecule has 2 heterocycles. The monoisotopic (exact) mass is 525 g/mol. The highest BCUT2D eigenvalue weighted by Gasteiger charge is 2.29. The molecule has 10 heteroatoms. The van der Waals surface area contributed by atoms with Gasteiger partial charge in [0.2, 0.25) is 0 Å². The van der Waals surface area contributed by atoms with Crippen LogP contribution in [0.15, 0.2) is 78.9 Å². The summed E-state index contributed by atoms with van der Waals surface area (Å²) in [4.78, 5) is 16.8. The predicted molar refractivity (Wildman–Crippen MR) is 143 cm³/mol. The number of carbonyl (C=O) groups is 1. The number of rotatable bonds is 5. The van der Waals surface area contributed by atoms with Crippen LogP contribution in [-0.4, -0.2) is 53.4 Å². The minimum atomic E-state index is -2.89. The highest BCUT2D eigenvalue weighted by molar-refractivity contribution is 6.00. The summed E-state index contributed by atoms with van der Waals surface area (Å²) in [5.41, 5.74) is 2.35. The first-order valence-corrected chi connectivity index (χ1v) is 11.7. The number of aromatic nitrogens is 2. The van der Waals surface area contributed by atoms with E-state index in [0.717, 1.165) is 27.8 Å². The van der Waals surface area contributed by atoms with Gasteiger partial charge in [-0.05, 0) is 31.2 Å². The lowest BCUT2D eigenvalue weighted by Crippen LogP contribution is -2.55. The maximum absolute atomic E-state index is 12.9. The van der Waals surface area contributed by atoms with Crippen LogP contribution in [0.25, 0.3) is 22.0 Å². The van der Waals surface area contributed by atoms with Crippen molar-refractivity contribution in [2.45, 2.75) is 19.6 Å². The molecule has 1 fully saturated rings. The van der Waals surface area contributed by atoms with E-state index in [2.05, 4.69) is 37.3 Å². The van der Waals surface area contributed by atoms with Gasteiger partial charge in [-0.2, -0.15) is 8.78 Å². The molecule has 0 spiro atoms. The van der Waals surface area contributed by atoms with Gasteiger partial charge in [0.1, 0.15) is 11.4 Å². The lowest BCUT2D eigenvalue weighted by molar-refractivity contribution is -0.0498. The van der Waals surface area contributed by atoms with Crippen molar-refractivity contribution in [1.29, 1.82) is 0 Å². The van der Waals surface area contributed by atoms with Gasteiger partial charge in [-0.1, -0.05) is 54.6 Å². The molecule has 2 amide bonds. The van der Waals surface area contributed by atoms with Crippen LogP contribution in [0, 0.1) is 0 Å². The minimum absolute atomic E-state index is 0. The lowest BCUT2D eigenvalue weighted by Gasteiger charge is -2.40. The Bertz CT molecular complexity index is 1360. The second-order valence-electron chi connectivity index (χ2n) is 8.61. The molecule has 7 nitrogen and oxygen atoms in total. The molecule has 3 aromatic carbocycles. The van der Waals surface area contributed by atoms with E-state index < -0.39 is 6.61 Å². The molecular weight excluding hydrogens is 500 g/mol. The zero-order valence-electron chi connectivity index (χ0n) is 20.1. The summed E-state index contributed by atoms with van der Waals surface area (Å²) in [6, 6.07) is 23.6. The Balaban J connectivity index is 0.00000320. The number of benzene rings is 3. The molecule has 1 aliphatic rings. The van der Waals surface area contributed by atoms with Crippen LogP contribution >= 0.6 is 12.4 Å². The third-order valence-corrected chi connectivity index (χ3v) is 6.23. The topological polar surface area (TPSA) is 70.6 Å². The molecule has 1 aliphatic heterocycles. The lowest BCUT2D eigenvalue weighted by atomic mass is 10.0. The second kappa shape index (κ2) is 11.4. The van der Waals surface area contributed by atoms with Crippen molar-refractivity contribution in [3.63, 3.8) is 0 Å². The van der Waals surface area contributed by atoms with Gasteiger partial charge in [0, 0.05) is 47.7 Å². The number of halogens is 3. The van der Waals surface area contributed by atoms with Crippen molar-refractivity contribution in [3.8, 4) is 17.0 Å². The number of carbonyl (C=O) groups excluding carboxylic acids is 1. The highest BCUT2D eigenvalue weighted by Crippen LogP contribution is 2.32. The first kappa shape index (κ1) is 26.1. The summed E-state index contributed by atoms with van der Waals surface area (Å²) in [5, 5.41) is 14.0. The van der Waals surface area contributed by atoms with E-state index in [1.54, 1.807) is 4.90 Å². The number of hydrogen-bond donors (Lipinski definition) is 1. The molecular formula is C27H26ClF2N5O2. The molecule has 37 heavy (non-hydrogen) atoms. The van der Waals surface area contributed by atoms with Crippen LogP contribution in [0.1, 0.15) is 6.92 Å². The quantitative estimate of drug-likeness (QED) is 0.343. The number of nitrogens with zero attached hydrogens (tertiary/aromatic N) is 4. The van der Waals surface area contributed by atoms with Crippen LogP contribution < -0.4 is 15.0 Å². The van der Waals surface area contributed by atoms with E-state index in [9.17, 15) is 13.6 Å². The molecule has 1 aromatic heterocycles. The van der Waals surface area contributed by atoms with E-state index in [1.165, 1.54) is 24.3 Å². The Morgan fingerprint density at radius 3 is 2.30 bits per heavy atom. The average molecular weight is 526 g/mol. The summed E-state index contributed by atoms with van der Waals surface area (Å²) >= 11 is 0. The Hall–Kier alpha value is -3.98. The van der Waals surface area contributed by atoms with Gasteiger partial charge in [-0.15, -0.1) is 22.6 Å². The molecule has 1 saturated heterocycles.